The predicted octanol–water partition coefficient (Wildman–Crippen LogP) is 1.79. The van der Waals surface area contributed by atoms with Gasteiger partial charge in [-0.3, -0.25) is 4.79 Å². The van der Waals surface area contributed by atoms with Crippen LogP contribution in [-0.2, 0) is 9.53 Å². The summed E-state index contributed by atoms with van der Waals surface area (Å²) >= 11 is 1.33. The average molecular weight is 377 g/mol. The van der Waals surface area contributed by atoms with Crippen molar-refractivity contribution in [3.8, 4) is 11.4 Å². The number of nitrogens with zero attached hydrogens (tertiary/aromatic N) is 5. The third-order valence-corrected chi connectivity index (χ3v) is 5.01. The van der Waals surface area contributed by atoms with Crippen molar-refractivity contribution in [1.82, 2.24) is 25.1 Å². The summed E-state index contributed by atoms with van der Waals surface area (Å²) in [5, 5.41) is 12.4. The minimum Gasteiger partial charge on any atom is -0.492 e. The summed E-state index contributed by atoms with van der Waals surface area (Å²) < 4.78 is 12.9. The van der Waals surface area contributed by atoms with E-state index in [0.717, 1.165) is 12.1 Å². The Kier molecular flexibility index (Phi) is 6.45. The summed E-state index contributed by atoms with van der Waals surface area (Å²) in [6.45, 7) is 6.42. The van der Waals surface area contributed by atoms with Crippen molar-refractivity contribution in [3.05, 3.63) is 24.3 Å². The number of amides is 1. The van der Waals surface area contributed by atoms with Gasteiger partial charge in [0, 0.05) is 13.1 Å². The highest BCUT2D eigenvalue weighted by molar-refractivity contribution is 7.99. The zero-order chi connectivity index (χ0) is 18.4. The van der Waals surface area contributed by atoms with E-state index in [-0.39, 0.29) is 17.8 Å². The highest BCUT2D eigenvalue weighted by atomic mass is 32.2. The molecule has 0 bridgehead atoms. The van der Waals surface area contributed by atoms with Gasteiger partial charge in [-0.15, -0.1) is 5.10 Å². The van der Waals surface area contributed by atoms with Crippen LogP contribution in [0, 0.1) is 0 Å². The third kappa shape index (κ3) is 4.34. The molecule has 1 fully saturated rings. The maximum atomic E-state index is 12.5. The largest absolute Gasteiger partial charge is 0.492 e. The molecule has 1 amide bonds. The summed E-state index contributed by atoms with van der Waals surface area (Å²) in [6.07, 6.45) is 1.03. The Hall–Kier alpha value is -2.13. The van der Waals surface area contributed by atoms with Gasteiger partial charge < -0.3 is 14.4 Å². The number of hydrogen-bond acceptors (Lipinski definition) is 7. The molecule has 1 aromatic heterocycles. The van der Waals surface area contributed by atoms with Crippen LogP contribution < -0.4 is 4.74 Å². The molecule has 1 unspecified atom stereocenters. The molecule has 8 nitrogen and oxygen atoms in total. The maximum absolute atomic E-state index is 12.5. The number of carbonyl (C=O) groups excluding carboxylic acids is 1. The fourth-order valence-corrected chi connectivity index (χ4v) is 3.53. The van der Waals surface area contributed by atoms with Crippen molar-refractivity contribution < 1.29 is 14.3 Å². The lowest BCUT2D eigenvalue weighted by atomic mass is 10.2. The van der Waals surface area contributed by atoms with Gasteiger partial charge in [0.25, 0.3) is 0 Å². The zero-order valence-electron chi connectivity index (χ0n) is 15.0. The second-order valence-electron chi connectivity index (χ2n) is 5.80. The first-order valence-corrected chi connectivity index (χ1v) is 9.74. The van der Waals surface area contributed by atoms with Crippen LogP contribution in [0.15, 0.2) is 29.4 Å². The fourth-order valence-electron chi connectivity index (χ4n) is 2.74. The number of carbonyl (C=O) groups is 1. The average Bonchev–Trinajstić information content (AvgIpc) is 3.15. The lowest BCUT2D eigenvalue weighted by Gasteiger charge is -2.32. The summed E-state index contributed by atoms with van der Waals surface area (Å²) in [4.78, 5) is 14.4. The number of ether oxygens (including phenoxy) is 2. The van der Waals surface area contributed by atoms with Crippen molar-refractivity contribution in [1.29, 1.82) is 0 Å². The van der Waals surface area contributed by atoms with Crippen molar-refractivity contribution in [2.24, 2.45) is 0 Å². The molecule has 2 aromatic rings. The van der Waals surface area contributed by atoms with Crippen molar-refractivity contribution in [2.75, 3.05) is 32.1 Å². The number of benzene rings is 1. The molecule has 26 heavy (non-hydrogen) atoms. The molecule has 1 saturated heterocycles. The quantitative estimate of drug-likeness (QED) is 0.680. The molecule has 1 aliphatic rings. The number of para-hydroxylation sites is 2. The Labute approximate surface area is 156 Å². The lowest BCUT2D eigenvalue weighted by Crippen LogP contribution is -2.46. The molecule has 3 rings (SSSR count). The van der Waals surface area contributed by atoms with Crippen molar-refractivity contribution in [3.63, 3.8) is 0 Å². The van der Waals surface area contributed by atoms with E-state index in [1.54, 1.807) is 4.68 Å². The molecule has 1 atom stereocenters. The van der Waals surface area contributed by atoms with E-state index in [2.05, 4.69) is 22.4 Å². The minimum absolute atomic E-state index is 0.0735. The van der Waals surface area contributed by atoms with E-state index in [9.17, 15) is 4.79 Å². The smallest absolute Gasteiger partial charge is 0.233 e. The Balaban J connectivity index is 1.67. The first-order chi connectivity index (χ1) is 12.7. The number of aromatic nitrogens is 4. The second-order valence-corrected chi connectivity index (χ2v) is 6.75. The van der Waals surface area contributed by atoms with Gasteiger partial charge in [-0.2, -0.15) is 4.68 Å². The molecule has 1 aliphatic heterocycles. The molecular formula is C17H23N5O3S. The number of rotatable bonds is 7. The van der Waals surface area contributed by atoms with Crippen LogP contribution in [0.1, 0.15) is 20.3 Å². The standard InChI is InChI=1S/C17H23N5O3S/c1-3-13-11-21(9-10-25-13)16(23)12-26-17-18-19-20-22(17)14-7-5-6-8-15(14)24-4-2/h5-8,13H,3-4,9-12H2,1-2H3. The van der Waals surface area contributed by atoms with Gasteiger partial charge in [0.2, 0.25) is 11.1 Å². The maximum Gasteiger partial charge on any atom is 0.233 e. The molecule has 0 spiro atoms. The Morgan fingerprint density at radius 2 is 2.23 bits per heavy atom. The van der Waals surface area contributed by atoms with E-state index < -0.39 is 0 Å². The van der Waals surface area contributed by atoms with Crippen molar-refractivity contribution >= 4 is 17.7 Å². The molecule has 9 heteroatoms. The zero-order valence-corrected chi connectivity index (χ0v) is 15.8. The predicted molar refractivity (Wildman–Crippen MR) is 97.7 cm³/mol. The third-order valence-electron chi connectivity index (χ3n) is 4.11. The Bertz CT molecular complexity index is 739. The van der Waals surface area contributed by atoms with Crippen LogP contribution in [0.5, 0.6) is 5.75 Å². The first kappa shape index (κ1) is 18.7. The van der Waals surface area contributed by atoms with Crippen LogP contribution in [0.3, 0.4) is 0 Å². The summed E-state index contributed by atoms with van der Waals surface area (Å²) in [5.41, 5.74) is 0.756. The van der Waals surface area contributed by atoms with E-state index in [0.29, 0.717) is 37.2 Å². The molecule has 0 N–H and O–H groups in total. The molecule has 0 radical (unpaired) electrons. The van der Waals surface area contributed by atoms with Gasteiger partial charge in [-0.05, 0) is 35.9 Å². The number of thioether (sulfide) groups is 1. The van der Waals surface area contributed by atoms with Gasteiger partial charge in [0.1, 0.15) is 11.4 Å². The molecule has 140 valence electrons. The first-order valence-electron chi connectivity index (χ1n) is 8.75. The topological polar surface area (TPSA) is 82.4 Å². The van der Waals surface area contributed by atoms with Gasteiger partial charge in [-0.25, -0.2) is 0 Å². The van der Waals surface area contributed by atoms with E-state index >= 15 is 0 Å². The van der Waals surface area contributed by atoms with Gasteiger partial charge in [-0.1, -0.05) is 30.8 Å². The Morgan fingerprint density at radius 1 is 1.38 bits per heavy atom. The molecular weight excluding hydrogens is 354 g/mol. The van der Waals surface area contributed by atoms with Crippen molar-refractivity contribution in [2.45, 2.75) is 31.5 Å². The van der Waals surface area contributed by atoms with Crippen LogP contribution in [0.4, 0.5) is 0 Å². The highest BCUT2D eigenvalue weighted by Gasteiger charge is 2.24. The lowest BCUT2D eigenvalue weighted by molar-refractivity contribution is -0.135. The Morgan fingerprint density at radius 3 is 3.04 bits per heavy atom. The number of morpholine rings is 1. The molecule has 0 saturated carbocycles. The van der Waals surface area contributed by atoms with Crippen LogP contribution in [0.25, 0.3) is 5.69 Å². The fraction of sp³-hybridized carbons (Fsp3) is 0.529. The minimum atomic E-state index is 0.0735. The highest BCUT2D eigenvalue weighted by Crippen LogP contribution is 2.26. The normalized spacial score (nSPS) is 17.3. The summed E-state index contributed by atoms with van der Waals surface area (Å²) in [6, 6.07) is 7.56. The van der Waals surface area contributed by atoms with Gasteiger partial charge >= 0.3 is 0 Å². The van der Waals surface area contributed by atoms with Gasteiger partial charge in [0.05, 0.1) is 25.1 Å². The summed E-state index contributed by atoms with van der Waals surface area (Å²) in [5.74, 6) is 1.06. The number of tetrazole rings is 1. The monoisotopic (exact) mass is 377 g/mol. The molecule has 2 heterocycles. The van der Waals surface area contributed by atoms with Gasteiger partial charge in [0.15, 0.2) is 0 Å². The SMILES string of the molecule is CCOc1ccccc1-n1nnnc1SCC(=O)N1CCOC(CC)C1. The van der Waals surface area contributed by atoms with E-state index in [1.807, 2.05) is 36.1 Å². The molecule has 1 aromatic carbocycles. The van der Waals surface area contributed by atoms with Crippen LogP contribution in [-0.4, -0.2) is 69.2 Å². The van der Waals surface area contributed by atoms with Crippen LogP contribution in [0.2, 0.25) is 0 Å². The number of hydrogen-bond donors (Lipinski definition) is 0. The second kappa shape index (κ2) is 9.00. The van der Waals surface area contributed by atoms with E-state index in [1.165, 1.54) is 11.8 Å². The van der Waals surface area contributed by atoms with Crippen LogP contribution >= 0.6 is 11.8 Å². The molecule has 0 aliphatic carbocycles. The van der Waals surface area contributed by atoms with E-state index in [4.69, 9.17) is 9.47 Å². The summed E-state index contributed by atoms with van der Waals surface area (Å²) in [7, 11) is 0.